The normalized spacial score (nSPS) is 24.6. The topological polar surface area (TPSA) is 55.6 Å². The summed E-state index contributed by atoms with van der Waals surface area (Å²) in [5.74, 6) is 1.18. The molecule has 2 N–H and O–H groups in total. The summed E-state index contributed by atoms with van der Waals surface area (Å²) in [5, 5.41) is 0. The van der Waals surface area contributed by atoms with Gasteiger partial charge in [-0.15, -0.1) is 0 Å². The molecule has 1 aliphatic heterocycles. The van der Waals surface area contributed by atoms with E-state index in [9.17, 15) is 4.79 Å². The Morgan fingerprint density at radius 1 is 1.30 bits per heavy atom. The Bertz CT molecular complexity index is 328. The molecule has 1 amide bonds. The van der Waals surface area contributed by atoms with Gasteiger partial charge < -0.3 is 15.4 Å². The molecule has 2 atom stereocenters. The van der Waals surface area contributed by atoms with Crippen LogP contribution in [0.4, 0.5) is 4.79 Å². The summed E-state index contributed by atoms with van der Waals surface area (Å²) >= 11 is 0. The van der Waals surface area contributed by atoms with Crippen molar-refractivity contribution in [1.29, 1.82) is 0 Å². The van der Waals surface area contributed by atoms with E-state index in [0.29, 0.717) is 11.8 Å². The Morgan fingerprint density at radius 2 is 1.90 bits per heavy atom. The quantitative estimate of drug-likeness (QED) is 0.864. The molecule has 0 aromatic carbocycles. The van der Waals surface area contributed by atoms with Crippen LogP contribution in [0.25, 0.3) is 0 Å². The maximum absolute atomic E-state index is 12.1. The minimum Gasteiger partial charge on any atom is -0.444 e. The SMILES string of the molecule is CC1CN(C(=O)OC(C)(C)C)CCC1CCC(C)(C)N. The molecule has 0 aliphatic carbocycles. The van der Waals surface area contributed by atoms with Crippen LogP contribution in [0.3, 0.4) is 0 Å². The molecule has 1 heterocycles. The molecular weight excluding hydrogens is 252 g/mol. The smallest absolute Gasteiger partial charge is 0.410 e. The second-order valence-corrected chi connectivity index (χ2v) is 7.98. The number of hydrogen-bond donors (Lipinski definition) is 1. The lowest BCUT2D eigenvalue weighted by atomic mass is 9.81. The van der Waals surface area contributed by atoms with Crippen LogP contribution in [-0.2, 0) is 4.74 Å². The van der Waals surface area contributed by atoms with Gasteiger partial charge in [-0.2, -0.15) is 0 Å². The Balaban J connectivity index is 2.45. The molecule has 4 nitrogen and oxygen atoms in total. The van der Waals surface area contributed by atoms with Crippen LogP contribution in [-0.4, -0.2) is 35.2 Å². The van der Waals surface area contributed by atoms with Crippen LogP contribution in [0, 0.1) is 11.8 Å². The highest BCUT2D eigenvalue weighted by Crippen LogP contribution is 2.29. The first kappa shape index (κ1) is 17.3. The molecule has 0 spiro atoms. The third kappa shape index (κ3) is 6.12. The largest absolute Gasteiger partial charge is 0.444 e. The number of likely N-dealkylation sites (tertiary alicyclic amines) is 1. The summed E-state index contributed by atoms with van der Waals surface area (Å²) in [4.78, 5) is 13.9. The van der Waals surface area contributed by atoms with Crippen molar-refractivity contribution >= 4 is 6.09 Å². The van der Waals surface area contributed by atoms with Crippen LogP contribution < -0.4 is 5.73 Å². The third-order valence-electron chi connectivity index (χ3n) is 3.89. The summed E-state index contributed by atoms with van der Waals surface area (Å²) in [6, 6.07) is 0. The lowest BCUT2D eigenvalue weighted by Crippen LogP contribution is -2.45. The molecule has 1 rings (SSSR count). The van der Waals surface area contributed by atoms with Crippen molar-refractivity contribution in [2.45, 2.75) is 71.9 Å². The molecule has 0 radical (unpaired) electrons. The van der Waals surface area contributed by atoms with E-state index in [1.165, 1.54) is 0 Å². The molecule has 0 saturated carbocycles. The van der Waals surface area contributed by atoms with Crippen molar-refractivity contribution in [3.8, 4) is 0 Å². The number of amides is 1. The van der Waals surface area contributed by atoms with Crippen molar-refractivity contribution in [2.75, 3.05) is 13.1 Å². The van der Waals surface area contributed by atoms with Gasteiger partial charge in [0.25, 0.3) is 0 Å². The predicted octanol–water partition coefficient (Wildman–Crippen LogP) is 3.40. The van der Waals surface area contributed by atoms with Crippen molar-refractivity contribution in [3.05, 3.63) is 0 Å². The van der Waals surface area contributed by atoms with Crippen molar-refractivity contribution < 1.29 is 9.53 Å². The Kier molecular flexibility index (Phi) is 5.47. The first-order valence-corrected chi connectivity index (χ1v) is 7.75. The van der Waals surface area contributed by atoms with Crippen molar-refractivity contribution in [1.82, 2.24) is 4.90 Å². The molecule has 4 heteroatoms. The van der Waals surface area contributed by atoms with Gasteiger partial charge in [0.2, 0.25) is 0 Å². The minimum absolute atomic E-state index is 0.0952. The molecule has 2 unspecified atom stereocenters. The fourth-order valence-corrected chi connectivity index (χ4v) is 2.67. The fourth-order valence-electron chi connectivity index (χ4n) is 2.67. The second-order valence-electron chi connectivity index (χ2n) is 7.98. The zero-order valence-corrected chi connectivity index (χ0v) is 14.0. The average Bonchev–Trinajstić information content (AvgIpc) is 2.23. The van der Waals surface area contributed by atoms with Gasteiger partial charge in [-0.05, 0) is 65.7 Å². The van der Waals surface area contributed by atoms with E-state index in [2.05, 4.69) is 20.8 Å². The molecule has 1 saturated heterocycles. The number of nitrogens with zero attached hydrogens (tertiary/aromatic N) is 1. The number of carbonyl (C=O) groups is 1. The lowest BCUT2D eigenvalue weighted by molar-refractivity contribution is 0.0107. The fraction of sp³-hybridized carbons (Fsp3) is 0.938. The molecule has 0 bridgehead atoms. The molecule has 118 valence electrons. The van der Waals surface area contributed by atoms with Gasteiger partial charge in [-0.1, -0.05) is 6.92 Å². The maximum Gasteiger partial charge on any atom is 0.410 e. The second kappa shape index (κ2) is 6.33. The van der Waals surface area contributed by atoms with E-state index < -0.39 is 5.60 Å². The highest BCUT2D eigenvalue weighted by atomic mass is 16.6. The van der Waals surface area contributed by atoms with Gasteiger partial charge in [-0.3, -0.25) is 0 Å². The van der Waals surface area contributed by atoms with Crippen LogP contribution in [0.5, 0.6) is 0 Å². The van der Waals surface area contributed by atoms with Crippen LogP contribution >= 0.6 is 0 Å². The number of hydrogen-bond acceptors (Lipinski definition) is 3. The highest BCUT2D eigenvalue weighted by molar-refractivity contribution is 5.68. The van der Waals surface area contributed by atoms with Gasteiger partial charge in [0.1, 0.15) is 5.60 Å². The highest BCUT2D eigenvalue weighted by Gasteiger charge is 2.31. The molecule has 20 heavy (non-hydrogen) atoms. The minimum atomic E-state index is -0.416. The van der Waals surface area contributed by atoms with Gasteiger partial charge >= 0.3 is 6.09 Å². The maximum atomic E-state index is 12.1. The number of nitrogens with two attached hydrogens (primary N) is 1. The van der Waals surface area contributed by atoms with E-state index in [1.54, 1.807) is 0 Å². The van der Waals surface area contributed by atoms with E-state index in [0.717, 1.165) is 32.4 Å². The van der Waals surface area contributed by atoms with E-state index >= 15 is 0 Å². The first-order chi connectivity index (χ1) is 8.98. The molecular formula is C16H32N2O2. The first-order valence-electron chi connectivity index (χ1n) is 7.75. The number of rotatable bonds is 3. The van der Waals surface area contributed by atoms with Crippen LogP contribution in [0.1, 0.15) is 60.8 Å². The Morgan fingerprint density at radius 3 is 2.35 bits per heavy atom. The molecule has 1 fully saturated rings. The van der Waals surface area contributed by atoms with Crippen LogP contribution in [0.15, 0.2) is 0 Å². The van der Waals surface area contributed by atoms with Crippen LogP contribution in [0.2, 0.25) is 0 Å². The van der Waals surface area contributed by atoms with Crippen molar-refractivity contribution in [2.24, 2.45) is 17.6 Å². The summed E-state index contributed by atoms with van der Waals surface area (Å²) in [5.41, 5.74) is 5.55. The van der Waals surface area contributed by atoms with Gasteiger partial charge in [0.05, 0.1) is 0 Å². The number of piperidine rings is 1. The molecule has 0 aromatic rings. The zero-order valence-electron chi connectivity index (χ0n) is 14.0. The number of carbonyl (C=O) groups excluding carboxylic acids is 1. The lowest BCUT2D eigenvalue weighted by Gasteiger charge is -2.38. The van der Waals surface area contributed by atoms with Gasteiger partial charge in [0.15, 0.2) is 0 Å². The monoisotopic (exact) mass is 284 g/mol. The Hall–Kier alpha value is -0.770. The summed E-state index contributed by atoms with van der Waals surface area (Å²) < 4.78 is 5.44. The summed E-state index contributed by atoms with van der Waals surface area (Å²) in [6.45, 7) is 13.7. The zero-order chi connectivity index (χ0) is 15.6. The predicted molar refractivity (Wildman–Crippen MR) is 82.6 cm³/mol. The van der Waals surface area contributed by atoms with E-state index in [-0.39, 0.29) is 11.6 Å². The van der Waals surface area contributed by atoms with E-state index in [1.807, 2.05) is 25.7 Å². The summed E-state index contributed by atoms with van der Waals surface area (Å²) in [6.07, 6.45) is 3.06. The standard InChI is InChI=1S/C16H32N2O2/c1-12-11-18(14(19)20-15(2,3)4)10-8-13(12)7-9-16(5,6)17/h12-13H,7-11,17H2,1-6H3. The molecule has 1 aliphatic rings. The molecule has 0 aromatic heterocycles. The van der Waals surface area contributed by atoms with Gasteiger partial charge in [-0.25, -0.2) is 4.79 Å². The average molecular weight is 284 g/mol. The van der Waals surface area contributed by atoms with E-state index in [4.69, 9.17) is 10.5 Å². The van der Waals surface area contributed by atoms with Gasteiger partial charge in [0, 0.05) is 18.6 Å². The number of ether oxygens (including phenoxy) is 1. The third-order valence-corrected chi connectivity index (χ3v) is 3.89. The summed E-state index contributed by atoms with van der Waals surface area (Å²) in [7, 11) is 0. The van der Waals surface area contributed by atoms with Crippen molar-refractivity contribution in [3.63, 3.8) is 0 Å². The Labute approximate surface area is 124 Å².